The van der Waals surface area contributed by atoms with Crippen LogP contribution in [0, 0.1) is 0 Å². The molecule has 24 heavy (non-hydrogen) atoms. The fourth-order valence-corrected chi connectivity index (χ4v) is 4.86. The van der Waals surface area contributed by atoms with Crippen LogP contribution in [0.5, 0.6) is 0 Å². The van der Waals surface area contributed by atoms with Crippen molar-refractivity contribution in [2.24, 2.45) is 0 Å². The lowest BCUT2D eigenvalue weighted by atomic mass is 10.2. The van der Waals surface area contributed by atoms with E-state index in [2.05, 4.69) is 30.5 Å². The molecule has 2 aromatic carbocycles. The molecule has 1 aliphatic heterocycles. The Morgan fingerprint density at radius 3 is 2.21 bits per heavy atom. The van der Waals surface area contributed by atoms with Crippen LogP contribution in [0.3, 0.4) is 0 Å². The highest BCUT2D eigenvalue weighted by Crippen LogP contribution is 2.16. The van der Waals surface area contributed by atoms with E-state index in [1.807, 2.05) is 6.07 Å². The highest BCUT2D eigenvalue weighted by molar-refractivity contribution is 7.98. The maximum absolute atomic E-state index is 12.6. The fourth-order valence-electron chi connectivity index (χ4n) is 2.99. The number of sulfonamides is 1. The van der Waals surface area contributed by atoms with Crippen molar-refractivity contribution < 1.29 is 13.3 Å². The minimum atomic E-state index is -3.35. The first kappa shape index (κ1) is 17.5. The van der Waals surface area contributed by atoms with E-state index in [9.17, 15) is 8.42 Å². The minimum absolute atomic E-state index is 0.390. The van der Waals surface area contributed by atoms with Gasteiger partial charge in [0, 0.05) is 10.5 Å². The summed E-state index contributed by atoms with van der Waals surface area (Å²) in [4.78, 5) is 3.10. The monoisotopic (exact) mass is 363 g/mol. The second-order valence-corrected chi connectivity index (χ2v) is 8.81. The van der Waals surface area contributed by atoms with Crippen molar-refractivity contribution in [1.29, 1.82) is 0 Å². The molecule has 1 heterocycles. The second-order valence-electron chi connectivity index (χ2n) is 5.99. The van der Waals surface area contributed by atoms with E-state index in [0.717, 1.165) is 19.6 Å². The Morgan fingerprint density at radius 1 is 1.00 bits per heavy atom. The Kier molecular flexibility index (Phi) is 5.61. The van der Waals surface area contributed by atoms with E-state index in [1.165, 1.54) is 15.4 Å². The molecule has 2 aromatic rings. The average molecular weight is 364 g/mol. The van der Waals surface area contributed by atoms with Gasteiger partial charge in [-0.1, -0.05) is 30.3 Å². The number of nitrogens with one attached hydrogen (secondary N) is 1. The van der Waals surface area contributed by atoms with Crippen LogP contribution in [0.4, 0.5) is 0 Å². The molecule has 0 saturated carbocycles. The highest BCUT2D eigenvalue weighted by Gasteiger charge is 2.30. The van der Waals surface area contributed by atoms with Crippen LogP contribution >= 0.6 is 11.8 Å². The van der Waals surface area contributed by atoms with E-state index in [-0.39, 0.29) is 0 Å². The van der Waals surface area contributed by atoms with Gasteiger partial charge in [0.25, 0.3) is 0 Å². The van der Waals surface area contributed by atoms with Gasteiger partial charge in [-0.2, -0.15) is 4.31 Å². The lowest BCUT2D eigenvalue weighted by Crippen LogP contribution is -3.13. The van der Waals surface area contributed by atoms with Gasteiger partial charge in [-0.05, 0) is 30.5 Å². The first-order valence-electron chi connectivity index (χ1n) is 8.11. The average Bonchev–Trinajstić information content (AvgIpc) is 2.63. The lowest BCUT2D eigenvalue weighted by Gasteiger charge is -2.31. The molecule has 128 valence electrons. The molecule has 6 heteroatoms. The van der Waals surface area contributed by atoms with Crippen molar-refractivity contribution in [2.45, 2.75) is 16.3 Å². The van der Waals surface area contributed by atoms with Crippen molar-refractivity contribution in [1.82, 2.24) is 4.31 Å². The molecule has 0 aliphatic carbocycles. The Hall–Kier alpha value is -1.34. The largest absolute Gasteiger partial charge is 0.329 e. The molecular weight excluding hydrogens is 340 g/mol. The first-order valence-corrected chi connectivity index (χ1v) is 10.8. The molecule has 1 fully saturated rings. The number of benzene rings is 2. The summed E-state index contributed by atoms with van der Waals surface area (Å²) < 4.78 is 26.9. The molecule has 0 atom stereocenters. The summed E-state index contributed by atoms with van der Waals surface area (Å²) in [6, 6.07) is 17.4. The molecule has 0 bridgehead atoms. The minimum Gasteiger partial charge on any atom is -0.329 e. The number of thioether (sulfide) groups is 1. The molecule has 1 N–H and O–H groups in total. The van der Waals surface area contributed by atoms with Gasteiger partial charge in [0.15, 0.2) is 0 Å². The van der Waals surface area contributed by atoms with Crippen LogP contribution in [0.2, 0.25) is 0 Å². The maximum Gasteiger partial charge on any atom is 0.243 e. The first-order chi connectivity index (χ1) is 11.6. The van der Waals surface area contributed by atoms with Crippen LogP contribution in [0.25, 0.3) is 0 Å². The SMILES string of the molecule is CSc1ccc(C[NH+]2CCN(S(=O)(=O)c3ccccc3)CC2)cc1. The molecule has 4 nitrogen and oxygen atoms in total. The third-order valence-electron chi connectivity index (χ3n) is 4.42. The van der Waals surface area contributed by atoms with Gasteiger partial charge >= 0.3 is 0 Å². The normalized spacial score (nSPS) is 17.0. The standard InChI is InChI=1S/C18H22N2O2S2/c1-23-17-9-7-16(8-10-17)15-19-11-13-20(14-12-19)24(21,22)18-5-3-2-4-6-18/h2-10H,11-15H2,1H3/p+1. The summed E-state index contributed by atoms with van der Waals surface area (Å²) in [5.41, 5.74) is 1.31. The van der Waals surface area contributed by atoms with Crippen molar-refractivity contribution >= 4 is 21.8 Å². The molecule has 0 unspecified atom stereocenters. The van der Waals surface area contributed by atoms with E-state index >= 15 is 0 Å². The number of hydrogen-bond donors (Lipinski definition) is 1. The van der Waals surface area contributed by atoms with Gasteiger partial charge in [-0.15, -0.1) is 11.8 Å². The number of hydrogen-bond acceptors (Lipinski definition) is 3. The maximum atomic E-state index is 12.6. The molecule has 0 radical (unpaired) electrons. The van der Waals surface area contributed by atoms with Gasteiger partial charge in [0.05, 0.1) is 31.1 Å². The fraction of sp³-hybridized carbons (Fsp3) is 0.333. The number of nitrogens with zero attached hydrogens (tertiary/aromatic N) is 1. The van der Waals surface area contributed by atoms with E-state index in [0.29, 0.717) is 18.0 Å². The van der Waals surface area contributed by atoms with Crippen molar-refractivity contribution in [3.63, 3.8) is 0 Å². The Labute approximate surface area is 148 Å². The smallest absolute Gasteiger partial charge is 0.243 e. The Bertz CT molecular complexity index is 753. The van der Waals surface area contributed by atoms with Crippen LogP contribution in [0.15, 0.2) is 64.4 Å². The summed E-state index contributed by atoms with van der Waals surface area (Å²) in [6.07, 6.45) is 2.08. The van der Waals surface area contributed by atoms with Crippen molar-refractivity contribution in [3.8, 4) is 0 Å². The van der Waals surface area contributed by atoms with Crippen LogP contribution < -0.4 is 4.90 Å². The topological polar surface area (TPSA) is 41.8 Å². The van der Waals surface area contributed by atoms with E-state index < -0.39 is 10.0 Å². The summed E-state index contributed by atoms with van der Waals surface area (Å²) in [5, 5.41) is 0. The third kappa shape index (κ3) is 4.00. The van der Waals surface area contributed by atoms with Crippen LogP contribution in [0.1, 0.15) is 5.56 Å². The highest BCUT2D eigenvalue weighted by atomic mass is 32.2. The van der Waals surface area contributed by atoms with Gasteiger partial charge in [-0.3, -0.25) is 0 Å². The Balaban J connectivity index is 1.59. The molecular formula is C18H23N2O2S2+. The van der Waals surface area contributed by atoms with Gasteiger partial charge in [0.1, 0.15) is 6.54 Å². The molecule has 0 amide bonds. The number of piperazine rings is 1. The molecule has 0 aromatic heterocycles. The quantitative estimate of drug-likeness (QED) is 0.819. The predicted octanol–water partition coefficient (Wildman–Crippen LogP) is 1.50. The van der Waals surface area contributed by atoms with Crippen molar-refractivity contribution in [2.75, 3.05) is 32.4 Å². The van der Waals surface area contributed by atoms with Gasteiger partial charge in [-0.25, -0.2) is 8.42 Å². The van der Waals surface area contributed by atoms with E-state index in [1.54, 1.807) is 40.3 Å². The summed E-state index contributed by atoms with van der Waals surface area (Å²) in [7, 11) is -3.35. The van der Waals surface area contributed by atoms with Gasteiger partial charge in [0.2, 0.25) is 10.0 Å². The van der Waals surface area contributed by atoms with Crippen molar-refractivity contribution in [3.05, 3.63) is 60.2 Å². The summed E-state index contributed by atoms with van der Waals surface area (Å²) in [6.45, 7) is 3.80. The van der Waals surface area contributed by atoms with Crippen LogP contribution in [-0.2, 0) is 16.6 Å². The molecule has 3 rings (SSSR count). The predicted molar refractivity (Wildman–Crippen MR) is 97.8 cm³/mol. The Morgan fingerprint density at radius 2 is 1.62 bits per heavy atom. The number of quaternary nitrogens is 1. The molecule has 0 spiro atoms. The number of rotatable bonds is 5. The second kappa shape index (κ2) is 7.70. The molecule has 1 saturated heterocycles. The van der Waals surface area contributed by atoms with Gasteiger partial charge < -0.3 is 4.90 Å². The zero-order chi connectivity index (χ0) is 17.0. The lowest BCUT2D eigenvalue weighted by molar-refractivity contribution is -0.917. The third-order valence-corrected chi connectivity index (χ3v) is 7.08. The zero-order valence-corrected chi connectivity index (χ0v) is 15.4. The summed E-state index contributed by atoms with van der Waals surface area (Å²) in [5.74, 6) is 0. The zero-order valence-electron chi connectivity index (χ0n) is 13.8. The van der Waals surface area contributed by atoms with Crippen LogP contribution in [-0.4, -0.2) is 45.2 Å². The van der Waals surface area contributed by atoms with E-state index in [4.69, 9.17) is 0 Å². The summed E-state index contributed by atoms with van der Waals surface area (Å²) >= 11 is 1.74. The molecule has 1 aliphatic rings.